The average Bonchev–Trinajstić information content (AvgIpc) is 3.17. The molecule has 2 N–H and O–H groups in total. The molecule has 0 spiro atoms. The number of aromatic carboxylic acids is 1. The van der Waals surface area contributed by atoms with Gasteiger partial charge in [-0.05, 0) is 48.2 Å². The van der Waals surface area contributed by atoms with Crippen molar-refractivity contribution >= 4 is 17.6 Å². The second kappa shape index (κ2) is 8.41. The first-order valence-corrected chi connectivity index (χ1v) is 10.1. The number of rotatable bonds is 6. The van der Waals surface area contributed by atoms with Crippen LogP contribution >= 0.6 is 0 Å². The molecule has 1 atom stereocenters. The first kappa shape index (κ1) is 19.7. The summed E-state index contributed by atoms with van der Waals surface area (Å²) in [4.78, 5) is 26.4. The summed E-state index contributed by atoms with van der Waals surface area (Å²) in [5, 5.41) is 12.1. The van der Waals surface area contributed by atoms with Crippen molar-refractivity contribution in [1.29, 1.82) is 0 Å². The SMILES string of the molecule is C[C@H](NC(=O)c1cccc2c1N(Cc1ccccc1)CC2)c1ccc(C(=O)O)cc1. The van der Waals surface area contributed by atoms with Gasteiger partial charge in [0.15, 0.2) is 0 Å². The van der Waals surface area contributed by atoms with Crippen molar-refractivity contribution in [3.05, 3.63) is 101 Å². The molecule has 1 aliphatic heterocycles. The number of amides is 1. The van der Waals surface area contributed by atoms with E-state index in [1.807, 2.05) is 37.3 Å². The minimum Gasteiger partial charge on any atom is -0.478 e. The van der Waals surface area contributed by atoms with E-state index in [0.717, 1.165) is 30.8 Å². The molecule has 1 heterocycles. The van der Waals surface area contributed by atoms with Crippen LogP contribution in [0.5, 0.6) is 0 Å². The summed E-state index contributed by atoms with van der Waals surface area (Å²) in [6.45, 7) is 3.56. The summed E-state index contributed by atoms with van der Waals surface area (Å²) in [6.07, 6.45) is 0.926. The summed E-state index contributed by atoms with van der Waals surface area (Å²) < 4.78 is 0. The Kier molecular flexibility index (Phi) is 5.53. The lowest BCUT2D eigenvalue weighted by Gasteiger charge is -2.23. The van der Waals surface area contributed by atoms with Gasteiger partial charge in [0.2, 0.25) is 0 Å². The maximum atomic E-state index is 13.1. The first-order valence-electron chi connectivity index (χ1n) is 10.1. The Labute approximate surface area is 176 Å². The molecule has 0 saturated heterocycles. The van der Waals surface area contributed by atoms with Gasteiger partial charge in [0, 0.05) is 13.1 Å². The molecule has 3 aromatic rings. The Hall–Kier alpha value is -3.60. The van der Waals surface area contributed by atoms with Crippen LogP contribution in [0.2, 0.25) is 0 Å². The van der Waals surface area contributed by atoms with Gasteiger partial charge >= 0.3 is 5.97 Å². The molecule has 0 aromatic heterocycles. The van der Waals surface area contributed by atoms with Gasteiger partial charge in [-0.2, -0.15) is 0 Å². The lowest BCUT2D eigenvalue weighted by molar-refractivity contribution is 0.0696. The Balaban J connectivity index is 1.53. The van der Waals surface area contributed by atoms with Crippen LogP contribution in [0.15, 0.2) is 72.8 Å². The molecule has 0 saturated carbocycles. The van der Waals surface area contributed by atoms with Gasteiger partial charge in [-0.1, -0.05) is 54.6 Å². The number of carbonyl (C=O) groups excluding carboxylic acids is 1. The highest BCUT2D eigenvalue weighted by atomic mass is 16.4. The number of hydrogen-bond acceptors (Lipinski definition) is 3. The number of hydrogen-bond donors (Lipinski definition) is 2. The highest BCUT2D eigenvalue weighted by Gasteiger charge is 2.26. The molecule has 5 heteroatoms. The number of carboxylic acids is 1. The second-order valence-electron chi connectivity index (χ2n) is 7.59. The summed E-state index contributed by atoms with van der Waals surface area (Å²) in [5.74, 6) is -1.08. The molecule has 3 aromatic carbocycles. The van der Waals surface area contributed by atoms with E-state index in [9.17, 15) is 9.59 Å². The number of nitrogens with one attached hydrogen (secondary N) is 1. The maximum absolute atomic E-state index is 13.1. The van der Waals surface area contributed by atoms with Crippen molar-refractivity contribution in [3.8, 4) is 0 Å². The van der Waals surface area contributed by atoms with Gasteiger partial charge in [-0.15, -0.1) is 0 Å². The monoisotopic (exact) mass is 400 g/mol. The average molecular weight is 400 g/mol. The molecule has 30 heavy (non-hydrogen) atoms. The quantitative estimate of drug-likeness (QED) is 0.642. The van der Waals surface area contributed by atoms with E-state index in [4.69, 9.17) is 5.11 Å². The normalized spacial score (nSPS) is 13.6. The zero-order valence-electron chi connectivity index (χ0n) is 16.8. The number of para-hydroxylation sites is 1. The predicted octanol–water partition coefficient (Wildman–Crippen LogP) is 4.44. The van der Waals surface area contributed by atoms with Crippen LogP contribution in [0, 0.1) is 0 Å². The summed E-state index contributed by atoms with van der Waals surface area (Å²) in [5.41, 5.74) is 5.18. The largest absolute Gasteiger partial charge is 0.478 e. The molecule has 0 radical (unpaired) electrons. The van der Waals surface area contributed by atoms with Crippen molar-refractivity contribution in [1.82, 2.24) is 5.32 Å². The standard InChI is InChI=1S/C25H24N2O3/c1-17(19-10-12-21(13-11-19)25(29)30)26-24(28)22-9-5-8-20-14-15-27(23(20)22)16-18-6-3-2-4-7-18/h2-13,17H,14-16H2,1H3,(H,26,28)(H,29,30)/t17-/m0/s1. The van der Waals surface area contributed by atoms with Crippen LogP contribution in [0.3, 0.4) is 0 Å². The molecule has 0 bridgehead atoms. The van der Waals surface area contributed by atoms with E-state index in [-0.39, 0.29) is 17.5 Å². The van der Waals surface area contributed by atoms with E-state index >= 15 is 0 Å². The number of fused-ring (bicyclic) bond motifs is 1. The number of anilines is 1. The van der Waals surface area contributed by atoms with Gasteiger partial charge in [0.1, 0.15) is 0 Å². The third-order valence-electron chi connectivity index (χ3n) is 5.55. The molecule has 1 aliphatic rings. The van der Waals surface area contributed by atoms with Crippen molar-refractivity contribution in [2.45, 2.75) is 25.9 Å². The van der Waals surface area contributed by atoms with Gasteiger partial charge in [0.05, 0.1) is 22.9 Å². The van der Waals surface area contributed by atoms with Crippen LogP contribution < -0.4 is 10.2 Å². The molecule has 0 aliphatic carbocycles. The second-order valence-corrected chi connectivity index (χ2v) is 7.59. The maximum Gasteiger partial charge on any atom is 0.335 e. The number of carbonyl (C=O) groups is 2. The summed E-state index contributed by atoms with van der Waals surface area (Å²) >= 11 is 0. The number of nitrogens with zero attached hydrogens (tertiary/aromatic N) is 1. The van der Waals surface area contributed by atoms with Crippen molar-refractivity contribution < 1.29 is 14.7 Å². The number of benzene rings is 3. The molecule has 152 valence electrons. The summed E-state index contributed by atoms with van der Waals surface area (Å²) in [7, 11) is 0. The van der Waals surface area contributed by atoms with Crippen LogP contribution in [0.4, 0.5) is 5.69 Å². The Morgan fingerprint density at radius 3 is 2.43 bits per heavy atom. The Morgan fingerprint density at radius 2 is 1.73 bits per heavy atom. The fraction of sp³-hybridized carbons (Fsp3) is 0.200. The van der Waals surface area contributed by atoms with E-state index in [1.165, 1.54) is 11.1 Å². The van der Waals surface area contributed by atoms with Crippen LogP contribution in [0.1, 0.15) is 50.4 Å². The topological polar surface area (TPSA) is 69.6 Å². The lowest BCUT2D eigenvalue weighted by atomic mass is 10.0. The zero-order valence-corrected chi connectivity index (χ0v) is 16.8. The summed E-state index contributed by atoms with van der Waals surface area (Å²) in [6, 6.07) is 22.5. The fourth-order valence-corrected chi connectivity index (χ4v) is 3.95. The third-order valence-corrected chi connectivity index (χ3v) is 5.55. The lowest BCUT2D eigenvalue weighted by Crippen LogP contribution is -2.29. The molecular formula is C25H24N2O3. The first-order chi connectivity index (χ1) is 14.5. The minimum absolute atomic E-state index is 0.123. The van der Waals surface area contributed by atoms with Crippen LogP contribution in [0.25, 0.3) is 0 Å². The predicted molar refractivity (Wildman–Crippen MR) is 117 cm³/mol. The Morgan fingerprint density at radius 1 is 1.00 bits per heavy atom. The molecule has 0 unspecified atom stereocenters. The van der Waals surface area contributed by atoms with E-state index in [1.54, 1.807) is 24.3 Å². The highest BCUT2D eigenvalue weighted by Crippen LogP contribution is 2.33. The molecule has 4 rings (SSSR count). The van der Waals surface area contributed by atoms with E-state index < -0.39 is 5.97 Å². The minimum atomic E-state index is -0.961. The zero-order chi connectivity index (χ0) is 21.1. The third kappa shape index (κ3) is 4.06. The van der Waals surface area contributed by atoms with Crippen molar-refractivity contribution in [2.75, 3.05) is 11.4 Å². The van der Waals surface area contributed by atoms with Gasteiger partial charge in [0.25, 0.3) is 5.91 Å². The van der Waals surface area contributed by atoms with E-state index in [2.05, 4.69) is 28.4 Å². The fourth-order valence-electron chi connectivity index (χ4n) is 3.95. The molecule has 1 amide bonds. The molecular weight excluding hydrogens is 376 g/mol. The van der Waals surface area contributed by atoms with E-state index in [0.29, 0.717) is 5.56 Å². The van der Waals surface area contributed by atoms with Gasteiger partial charge < -0.3 is 15.3 Å². The van der Waals surface area contributed by atoms with Crippen molar-refractivity contribution in [3.63, 3.8) is 0 Å². The van der Waals surface area contributed by atoms with Crippen LogP contribution in [-0.4, -0.2) is 23.5 Å². The van der Waals surface area contributed by atoms with Crippen LogP contribution in [-0.2, 0) is 13.0 Å². The number of carboxylic acid groups (broad SMARTS) is 1. The van der Waals surface area contributed by atoms with Gasteiger partial charge in [-0.25, -0.2) is 4.79 Å². The molecule has 5 nitrogen and oxygen atoms in total. The highest BCUT2D eigenvalue weighted by molar-refractivity contribution is 6.01. The van der Waals surface area contributed by atoms with Crippen molar-refractivity contribution in [2.24, 2.45) is 0 Å². The smallest absolute Gasteiger partial charge is 0.335 e. The Bertz CT molecular complexity index is 1060. The molecule has 0 fully saturated rings. The van der Waals surface area contributed by atoms with Gasteiger partial charge in [-0.3, -0.25) is 4.79 Å².